The van der Waals surface area contributed by atoms with Gasteiger partial charge in [-0.3, -0.25) is 4.79 Å². The molecule has 1 aliphatic heterocycles. The minimum Gasteiger partial charge on any atom is -0.497 e. The molecule has 1 aromatic rings. The third-order valence-electron chi connectivity index (χ3n) is 10.3. The summed E-state index contributed by atoms with van der Waals surface area (Å²) in [5, 5.41) is 0.177. The largest absolute Gasteiger partial charge is 0.497 e. The molecule has 0 bridgehead atoms. The summed E-state index contributed by atoms with van der Waals surface area (Å²) in [7, 11) is -2.44. The van der Waals surface area contributed by atoms with Crippen LogP contribution in [0.5, 0.6) is 5.75 Å². The first kappa shape index (κ1) is 40.6. The Kier molecular flexibility index (Phi) is 15.1. The van der Waals surface area contributed by atoms with Gasteiger partial charge in [0.1, 0.15) is 11.5 Å². The summed E-state index contributed by atoms with van der Waals surface area (Å²) < 4.78 is 34.3. The van der Waals surface area contributed by atoms with E-state index in [1.54, 1.807) is 7.11 Å². The molecule has 2 rings (SSSR count). The SMILES string of the molecule is COc1ccc(CO[C@H](/C=C/I)[C@@H](C)CC(=O)C[C@H](C)[C@@H]2O[C@H](C)[C@H](O[Si](C)(C)C(C)(C)C)C[C@@H]2O[Si](C)(C)C(C)(C)C)cc1. The number of Topliss-reactive ketones (excluding diaryl/α,β-unsaturated/α-hetero) is 1. The van der Waals surface area contributed by atoms with Crippen molar-refractivity contribution in [2.24, 2.45) is 11.8 Å². The predicted molar refractivity (Wildman–Crippen MR) is 200 cm³/mol. The second-order valence-corrected chi connectivity index (χ2v) is 26.5. The van der Waals surface area contributed by atoms with Crippen molar-refractivity contribution in [2.45, 2.75) is 155 Å². The molecule has 7 atom stereocenters. The zero-order valence-electron chi connectivity index (χ0n) is 30.7. The fourth-order valence-corrected chi connectivity index (χ4v) is 8.43. The van der Waals surface area contributed by atoms with Crippen LogP contribution in [0, 0.1) is 11.8 Å². The van der Waals surface area contributed by atoms with Crippen LogP contribution in [0.4, 0.5) is 0 Å². The molecule has 0 unspecified atom stereocenters. The molecule has 45 heavy (non-hydrogen) atoms. The first-order valence-corrected chi connectivity index (χ1v) is 23.7. The molecule has 0 N–H and O–H groups in total. The van der Waals surface area contributed by atoms with Gasteiger partial charge in [0.15, 0.2) is 16.6 Å². The van der Waals surface area contributed by atoms with Gasteiger partial charge < -0.3 is 23.1 Å². The van der Waals surface area contributed by atoms with Gasteiger partial charge in [-0.2, -0.15) is 0 Å². The van der Waals surface area contributed by atoms with E-state index < -0.39 is 16.6 Å². The highest BCUT2D eigenvalue weighted by Crippen LogP contribution is 2.43. The standard InChI is InChI=1S/C36H63IO6Si2/c1-25(31(19-20-37)40-24-28-15-17-30(39-10)18-16-28)21-29(38)22-26(2)34-33(43-45(13,14)36(7,8)9)23-32(27(3)41-34)42-44(11,12)35(4,5)6/h15-20,25-27,31-34H,21-24H2,1-14H3/b20-19+/t25-,26-,27+,31+,32+,33-,34-/m0/s1. The summed E-state index contributed by atoms with van der Waals surface area (Å²) in [6.07, 6.45) is 3.22. The van der Waals surface area contributed by atoms with Crippen LogP contribution in [0.2, 0.25) is 36.3 Å². The Hall–Kier alpha value is -0.566. The highest BCUT2D eigenvalue weighted by Gasteiger charge is 2.48. The van der Waals surface area contributed by atoms with Gasteiger partial charge in [-0.25, -0.2) is 0 Å². The van der Waals surface area contributed by atoms with Crippen LogP contribution in [0.25, 0.3) is 0 Å². The zero-order chi connectivity index (χ0) is 34.4. The van der Waals surface area contributed by atoms with E-state index in [2.05, 4.69) is 111 Å². The van der Waals surface area contributed by atoms with Crippen molar-refractivity contribution in [1.29, 1.82) is 0 Å². The van der Waals surface area contributed by atoms with E-state index in [0.717, 1.165) is 17.7 Å². The molecule has 0 aromatic heterocycles. The second-order valence-electron chi connectivity index (χ2n) is 16.2. The number of carbonyl (C=O) groups is 1. The molecule has 0 radical (unpaired) electrons. The second kappa shape index (κ2) is 16.7. The average Bonchev–Trinajstić information content (AvgIpc) is 2.91. The van der Waals surface area contributed by atoms with Crippen molar-refractivity contribution < 1.29 is 27.9 Å². The predicted octanol–water partition coefficient (Wildman–Crippen LogP) is 10.1. The molecule has 0 aliphatic carbocycles. The highest BCUT2D eigenvalue weighted by molar-refractivity contribution is 14.1. The van der Waals surface area contributed by atoms with Gasteiger partial charge in [0.25, 0.3) is 0 Å². The Morgan fingerprint density at radius 3 is 1.98 bits per heavy atom. The number of rotatable bonds is 15. The summed E-state index contributed by atoms with van der Waals surface area (Å²) in [6.45, 7) is 29.7. The molecule has 1 fully saturated rings. The molecule has 258 valence electrons. The van der Waals surface area contributed by atoms with Crippen molar-refractivity contribution in [2.75, 3.05) is 7.11 Å². The smallest absolute Gasteiger partial charge is 0.192 e. The Bertz CT molecular complexity index is 1090. The summed E-state index contributed by atoms with van der Waals surface area (Å²) >= 11 is 2.22. The van der Waals surface area contributed by atoms with Gasteiger partial charge >= 0.3 is 0 Å². The van der Waals surface area contributed by atoms with Crippen LogP contribution in [0.15, 0.2) is 34.4 Å². The van der Waals surface area contributed by atoms with Crippen molar-refractivity contribution in [1.82, 2.24) is 0 Å². The van der Waals surface area contributed by atoms with Crippen LogP contribution < -0.4 is 4.74 Å². The summed E-state index contributed by atoms with van der Waals surface area (Å²) in [5.41, 5.74) is 1.07. The number of hydrogen-bond donors (Lipinski definition) is 0. The highest BCUT2D eigenvalue weighted by atomic mass is 127. The molecule has 6 nitrogen and oxygen atoms in total. The fraction of sp³-hybridized carbons (Fsp3) is 0.750. The maximum atomic E-state index is 13.6. The van der Waals surface area contributed by atoms with Crippen molar-refractivity contribution >= 4 is 45.0 Å². The van der Waals surface area contributed by atoms with Crippen LogP contribution in [-0.4, -0.2) is 60.0 Å². The van der Waals surface area contributed by atoms with E-state index >= 15 is 0 Å². The summed E-state index contributed by atoms with van der Waals surface area (Å²) in [4.78, 5) is 13.6. The molecule has 9 heteroatoms. The molecule has 0 amide bonds. The lowest BCUT2D eigenvalue weighted by Crippen LogP contribution is -2.58. The lowest BCUT2D eigenvalue weighted by molar-refractivity contribution is -0.171. The van der Waals surface area contributed by atoms with Gasteiger partial charge in [0, 0.05) is 19.3 Å². The van der Waals surface area contributed by atoms with Gasteiger partial charge in [-0.1, -0.05) is 90.1 Å². The van der Waals surface area contributed by atoms with Crippen LogP contribution in [-0.2, 0) is 29.7 Å². The normalized spacial score (nSPS) is 24.0. The quantitative estimate of drug-likeness (QED) is 0.131. The van der Waals surface area contributed by atoms with Crippen molar-refractivity contribution in [3.05, 3.63) is 40.0 Å². The lowest BCUT2D eigenvalue weighted by Gasteiger charge is -2.50. The van der Waals surface area contributed by atoms with Crippen molar-refractivity contribution in [3.63, 3.8) is 0 Å². The monoisotopic (exact) mass is 774 g/mol. The number of halogens is 1. The van der Waals surface area contributed by atoms with Crippen molar-refractivity contribution in [3.8, 4) is 5.75 Å². The maximum absolute atomic E-state index is 13.6. The van der Waals surface area contributed by atoms with Gasteiger partial charge in [-0.15, -0.1) is 0 Å². The van der Waals surface area contributed by atoms with E-state index in [4.69, 9.17) is 23.1 Å². The zero-order valence-corrected chi connectivity index (χ0v) is 34.8. The fourth-order valence-electron chi connectivity index (χ4n) is 5.28. The molecular formula is C36H63IO6Si2. The Labute approximate surface area is 291 Å². The molecule has 1 heterocycles. The first-order valence-electron chi connectivity index (χ1n) is 16.7. The Morgan fingerprint density at radius 1 is 0.956 bits per heavy atom. The van der Waals surface area contributed by atoms with Crippen LogP contribution in [0.1, 0.15) is 87.1 Å². The third kappa shape index (κ3) is 11.8. The van der Waals surface area contributed by atoms with E-state index in [-0.39, 0.29) is 58.2 Å². The Morgan fingerprint density at radius 2 is 1.49 bits per heavy atom. The molecule has 1 aliphatic rings. The van der Waals surface area contributed by atoms with Crippen LogP contribution in [0.3, 0.4) is 0 Å². The molecular weight excluding hydrogens is 711 g/mol. The van der Waals surface area contributed by atoms with E-state index in [1.807, 2.05) is 34.4 Å². The molecule has 0 spiro atoms. The Balaban J connectivity index is 2.15. The topological polar surface area (TPSA) is 63.2 Å². The number of benzene rings is 1. The maximum Gasteiger partial charge on any atom is 0.192 e. The summed E-state index contributed by atoms with van der Waals surface area (Å²) in [5.74, 6) is 1.12. The number of ether oxygens (including phenoxy) is 3. The first-order chi connectivity index (χ1) is 20.6. The average molecular weight is 775 g/mol. The third-order valence-corrected chi connectivity index (χ3v) is 19.7. The van der Waals surface area contributed by atoms with Gasteiger partial charge in [0.05, 0.1) is 44.2 Å². The lowest BCUT2D eigenvalue weighted by atomic mass is 9.86. The number of ketones is 1. The minimum absolute atomic E-state index is 0.0227. The van der Waals surface area contributed by atoms with Crippen LogP contribution >= 0.6 is 22.6 Å². The number of carbonyl (C=O) groups excluding carboxylic acids is 1. The van der Waals surface area contributed by atoms with Gasteiger partial charge in [0.2, 0.25) is 0 Å². The summed E-state index contributed by atoms with van der Waals surface area (Å²) in [6, 6.07) is 7.90. The molecule has 1 aromatic carbocycles. The minimum atomic E-state index is -2.10. The van der Waals surface area contributed by atoms with E-state index in [1.165, 1.54) is 0 Å². The van der Waals surface area contributed by atoms with E-state index in [0.29, 0.717) is 19.4 Å². The van der Waals surface area contributed by atoms with E-state index in [9.17, 15) is 4.79 Å². The molecule has 0 saturated carbocycles. The number of hydrogen-bond acceptors (Lipinski definition) is 6. The molecule has 1 saturated heterocycles. The van der Waals surface area contributed by atoms with Gasteiger partial charge in [-0.05, 0) is 82.9 Å². The number of methoxy groups -OCH3 is 1.